The topological polar surface area (TPSA) is 82.3 Å². The lowest BCUT2D eigenvalue weighted by molar-refractivity contribution is -0.0540. The first-order valence-electron chi connectivity index (χ1n) is 6.24. The van der Waals surface area contributed by atoms with Crippen LogP contribution in [0.4, 0.5) is 0 Å². The third-order valence-electron chi connectivity index (χ3n) is 3.33. The van der Waals surface area contributed by atoms with Crippen LogP contribution in [-0.2, 0) is 9.47 Å². The van der Waals surface area contributed by atoms with Gasteiger partial charge in [-0.05, 0) is 6.92 Å². The Morgan fingerprint density at radius 3 is 3.05 bits per heavy atom. The van der Waals surface area contributed by atoms with E-state index in [0.717, 1.165) is 0 Å². The third-order valence-corrected chi connectivity index (χ3v) is 4.87. The van der Waals surface area contributed by atoms with E-state index in [1.165, 1.54) is 0 Å². The summed E-state index contributed by atoms with van der Waals surface area (Å²) in [6, 6.07) is 0. The molecule has 1 aliphatic heterocycles. The van der Waals surface area contributed by atoms with Crippen molar-refractivity contribution in [1.82, 2.24) is 19.5 Å². The molecule has 108 valence electrons. The molecule has 1 saturated heterocycles. The Balaban J connectivity index is 1.97. The van der Waals surface area contributed by atoms with Crippen molar-refractivity contribution >= 4 is 33.8 Å². The summed E-state index contributed by atoms with van der Waals surface area (Å²) in [6.07, 6.45) is 2.01. The number of rotatable bonds is 3. The standard InChI is InChI=1S/C12H15IN4O3/c1-6-14-3-7-11(16-6)17(5-15-7)12-10(18)9(13)8(20-12)4-19-2/h3,5,8-10,12,18H,4H2,1-2H3/t8-,9+,10?,12-/m1/s1. The highest BCUT2D eigenvalue weighted by molar-refractivity contribution is 14.1. The molecule has 1 aliphatic rings. The van der Waals surface area contributed by atoms with Crippen molar-refractivity contribution in [2.45, 2.75) is 29.3 Å². The van der Waals surface area contributed by atoms with Crippen molar-refractivity contribution < 1.29 is 14.6 Å². The van der Waals surface area contributed by atoms with Crippen LogP contribution in [0.5, 0.6) is 0 Å². The second-order valence-corrected chi connectivity index (χ2v) is 6.17. The van der Waals surface area contributed by atoms with Crippen LogP contribution in [0, 0.1) is 6.92 Å². The molecular formula is C12H15IN4O3. The van der Waals surface area contributed by atoms with Crippen molar-refractivity contribution in [3.63, 3.8) is 0 Å². The molecule has 3 heterocycles. The summed E-state index contributed by atoms with van der Waals surface area (Å²) >= 11 is 2.19. The summed E-state index contributed by atoms with van der Waals surface area (Å²) in [5.41, 5.74) is 1.36. The predicted molar refractivity (Wildman–Crippen MR) is 79.7 cm³/mol. The normalized spacial score (nSPS) is 30.2. The van der Waals surface area contributed by atoms with E-state index >= 15 is 0 Å². The second-order valence-electron chi connectivity index (χ2n) is 4.73. The lowest BCUT2D eigenvalue weighted by Crippen LogP contribution is -2.28. The summed E-state index contributed by atoms with van der Waals surface area (Å²) in [5, 5.41) is 10.4. The Morgan fingerprint density at radius 2 is 2.30 bits per heavy atom. The Hall–Kier alpha value is -0.840. The molecular weight excluding hydrogens is 375 g/mol. The number of aliphatic hydroxyl groups is 1. The van der Waals surface area contributed by atoms with Gasteiger partial charge in [0.1, 0.15) is 17.4 Å². The monoisotopic (exact) mass is 390 g/mol. The van der Waals surface area contributed by atoms with E-state index in [0.29, 0.717) is 23.6 Å². The van der Waals surface area contributed by atoms with E-state index < -0.39 is 12.3 Å². The highest BCUT2D eigenvalue weighted by Crippen LogP contribution is 2.35. The molecule has 2 aromatic rings. The van der Waals surface area contributed by atoms with Crippen LogP contribution >= 0.6 is 22.6 Å². The fraction of sp³-hybridized carbons (Fsp3) is 0.583. The van der Waals surface area contributed by atoms with E-state index in [-0.39, 0.29) is 10.0 Å². The maximum absolute atomic E-state index is 10.4. The molecule has 1 N–H and O–H groups in total. The zero-order valence-electron chi connectivity index (χ0n) is 11.1. The molecule has 1 unspecified atom stereocenters. The van der Waals surface area contributed by atoms with E-state index in [4.69, 9.17) is 9.47 Å². The van der Waals surface area contributed by atoms with Gasteiger partial charge in [0.15, 0.2) is 11.9 Å². The molecule has 7 nitrogen and oxygen atoms in total. The number of halogens is 1. The smallest absolute Gasteiger partial charge is 0.165 e. The zero-order chi connectivity index (χ0) is 14.3. The van der Waals surface area contributed by atoms with Crippen molar-refractivity contribution in [3.05, 3.63) is 18.3 Å². The van der Waals surface area contributed by atoms with Gasteiger partial charge in [-0.25, -0.2) is 15.0 Å². The summed E-state index contributed by atoms with van der Waals surface area (Å²) in [4.78, 5) is 12.7. The Labute approximate surface area is 129 Å². The molecule has 1 fully saturated rings. The summed E-state index contributed by atoms with van der Waals surface area (Å²) in [7, 11) is 1.62. The molecule has 0 radical (unpaired) electrons. The van der Waals surface area contributed by atoms with Crippen LogP contribution in [0.25, 0.3) is 11.2 Å². The molecule has 0 amide bonds. The highest BCUT2D eigenvalue weighted by Gasteiger charge is 2.43. The van der Waals surface area contributed by atoms with Gasteiger partial charge in [-0.3, -0.25) is 4.57 Å². The summed E-state index contributed by atoms with van der Waals surface area (Å²) in [6.45, 7) is 2.26. The van der Waals surface area contributed by atoms with E-state index in [2.05, 4.69) is 37.5 Å². The number of imidazole rings is 1. The van der Waals surface area contributed by atoms with Crippen molar-refractivity contribution in [2.75, 3.05) is 13.7 Å². The minimum absolute atomic E-state index is 0.0436. The van der Waals surface area contributed by atoms with Crippen molar-refractivity contribution in [1.29, 1.82) is 0 Å². The highest BCUT2D eigenvalue weighted by atomic mass is 127. The molecule has 2 aromatic heterocycles. The number of nitrogens with zero attached hydrogens (tertiary/aromatic N) is 4. The minimum Gasteiger partial charge on any atom is -0.387 e. The number of fused-ring (bicyclic) bond motifs is 1. The molecule has 0 aromatic carbocycles. The van der Waals surface area contributed by atoms with Crippen LogP contribution in [0.3, 0.4) is 0 Å². The van der Waals surface area contributed by atoms with Crippen LogP contribution in [0.15, 0.2) is 12.5 Å². The fourth-order valence-corrected chi connectivity index (χ4v) is 3.07. The number of aromatic nitrogens is 4. The maximum Gasteiger partial charge on any atom is 0.165 e. The number of ether oxygens (including phenoxy) is 2. The maximum atomic E-state index is 10.4. The summed E-state index contributed by atoms with van der Waals surface area (Å²) in [5.74, 6) is 0.659. The molecule has 0 saturated carbocycles. The van der Waals surface area contributed by atoms with Gasteiger partial charge in [-0.1, -0.05) is 22.6 Å². The number of hydrogen-bond donors (Lipinski definition) is 1. The van der Waals surface area contributed by atoms with Gasteiger partial charge < -0.3 is 14.6 Å². The van der Waals surface area contributed by atoms with Crippen LogP contribution in [-0.4, -0.2) is 54.5 Å². The molecule has 8 heteroatoms. The van der Waals surface area contributed by atoms with Gasteiger partial charge in [0.25, 0.3) is 0 Å². The third kappa shape index (κ3) is 2.30. The number of methoxy groups -OCH3 is 1. The Morgan fingerprint density at radius 1 is 1.50 bits per heavy atom. The number of alkyl halides is 1. The quantitative estimate of drug-likeness (QED) is 0.618. The van der Waals surface area contributed by atoms with Crippen LogP contribution in [0.1, 0.15) is 12.1 Å². The van der Waals surface area contributed by atoms with E-state index in [9.17, 15) is 5.11 Å². The predicted octanol–water partition coefficient (Wildman–Crippen LogP) is 0.843. The van der Waals surface area contributed by atoms with Gasteiger partial charge in [-0.2, -0.15) is 0 Å². The van der Waals surface area contributed by atoms with Gasteiger partial charge >= 0.3 is 0 Å². The molecule has 0 spiro atoms. The lowest BCUT2D eigenvalue weighted by Gasteiger charge is -2.16. The summed E-state index contributed by atoms with van der Waals surface area (Å²) < 4.78 is 12.7. The van der Waals surface area contributed by atoms with Crippen molar-refractivity contribution in [3.8, 4) is 0 Å². The first-order chi connectivity index (χ1) is 9.61. The van der Waals surface area contributed by atoms with E-state index in [1.807, 2.05) is 6.92 Å². The number of aryl methyl sites for hydroxylation is 1. The van der Waals surface area contributed by atoms with Gasteiger partial charge in [-0.15, -0.1) is 0 Å². The van der Waals surface area contributed by atoms with Crippen molar-refractivity contribution in [2.24, 2.45) is 0 Å². The van der Waals surface area contributed by atoms with Crippen LogP contribution in [0.2, 0.25) is 0 Å². The fourth-order valence-electron chi connectivity index (χ4n) is 2.34. The van der Waals surface area contributed by atoms with E-state index in [1.54, 1.807) is 24.2 Å². The average molecular weight is 390 g/mol. The second kappa shape index (κ2) is 5.51. The zero-order valence-corrected chi connectivity index (χ0v) is 13.3. The first kappa shape index (κ1) is 14.1. The SMILES string of the molecule is COC[C@H]1O[C@@H](n2cnc3cnc(C)nc32)C(O)[C@H]1I. The molecule has 0 aliphatic carbocycles. The number of aliphatic hydroxyl groups excluding tert-OH is 1. The largest absolute Gasteiger partial charge is 0.387 e. The van der Waals surface area contributed by atoms with Gasteiger partial charge in [0, 0.05) is 7.11 Å². The first-order valence-corrected chi connectivity index (χ1v) is 7.49. The molecule has 20 heavy (non-hydrogen) atoms. The number of hydrogen-bond acceptors (Lipinski definition) is 6. The average Bonchev–Trinajstić information content (AvgIpc) is 2.95. The molecule has 0 bridgehead atoms. The lowest BCUT2D eigenvalue weighted by atomic mass is 10.2. The molecule has 4 atom stereocenters. The Bertz CT molecular complexity index is 620. The Kier molecular flexibility index (Phi) is 3.89. The van der Waals surface area contributed by atoms with Crippen LogP contribution < -0.4 is 0 Å². The molecule has 3 rings (SSSR count). The van der Waals surface area contributed by atoms with Gasteiger partial charge in [0.2, 0.25) is 0 Å². The van der Waals surface area contributed by atoms with Gasteiger partial charge in [0.05, 0.1) is 29.2 Å². The minimum atomic E-state index is -0.636.